The molecule has 0 spiro atoms. The van der Waals surface area contributed by atoms with Crippen molar-refractivity contribution in [1.82, 2.24) is 4.90 Å². The minimum Gasteiger partial charge on any atom is -0.329 e. The summed E-state index contributed by atoms with van der Waals surface area (Å²) in [4.78, 5) is 2.40. The van der Waals surface area contributed by atoms with Crippen LogP contribution in [0.3, 0.4) is 0 Å². The number of rotatable bonds is 3. The monoisotopic (exact) mass is 290 g/mol. The number of hydrogen-bond donors (Lipinski definition) is 1. The number of benzene rings is 1. The molecule has 0 aliphatic carbocycles. The molecule has 1 heterocycles. The first-order chi connectivity index (χ1) is 8.22. The molecule has 2 nitrogen and oxygen atoms in total. The lowest BCUT2D eigenvalue weighted by molar-refractivity contribution is 0.223. The van der Waals surface area contributed by atoms with E-state index in [4.69, 9.17) is 28.9 Å². The highest BCUT2D eigenvalue weighted by Gasteiger charge is 2.23. The van der Waals surface area contributed by atoms with Crippen LogP contribution in [0.15, 0.2) is 18.2 Å². The Morgan fingerprint density at radius 3 is 2.65 bits per heavy atom. The Bertz CT molecular complexity index is 381. The molecule has 17 heavy (non-hydrogen) atoms. The summed E-state index contributed by atoms with van der Waals surface area (Å²) >= 11 is 14.3. The number of nitrogens with two attached hydrogens (primary N) is 1. The summed E-state index contributed by atoms with van der Waals surface area (Å²) in [5.74, 6) is 2.32. The lowest BCUT2D eigenvalue weighted by Crippen LogP contribution is -2.39. The van der Waals surface area contributed by atoms with Crippen LogP contribution >= 0.6 is 35.0 Å². The highest BCUT2D eigenvalue weighted by atomic mass is 35.5. The van der Waals surface area contributed by atoms with Gasteiger partial charge in [0.15, 0.2) is 0 Å². The lowest BCUT2D eigenvalue weighted by Gasteiger charge is -2.34. The van der Waals surface area contributed by atoms with E-state index in [-0.39, 0.29) is 6.04 Å². The summed E-state index contributed by atoms with van der Waals surface area (Å²) in [7, 11) is 0. The predicted molar refractivity (Wildman–Crippen MR) is 77.2 cm³/mol. The normalized spacial score (nSPS) is 19.2. The Morgan fingerprint density at radius 1 is 1.29 bits per heavy atom. The summed E-state index contributed by atoms with van der Waals surface area (Å²) < 4.78 is 0. The van der Waals surface area contributed by atoms with E-state index in [9.17, 15) is 0 Å². The van der Waals surface area contributed by atoms with E-state index in [0.29, 0.717) is 11.6 Å². The zero-order valence-corrected chi connectivity index (χ0v) is 11.9. The van der Waals surface area contributed by atoms with E-state index < -0.39 is 0 Å². The second kappa shape index (κ2) is 6.30. The third kappa shape index (κ3) is 3.30. The van der Waals surface area contributed by atoms with E-state index in [1.54, 1.807) is 0 Å². The van der Waals surface area contributed by atoms with Crippen molar-refractivity contribution in [3.63, 3.8) is 0 Å². The first kappa shape index (κ1) is 13.5. The minimum atomic E-state index is 0.182. The largest absolute Gasteiger partial charge is 0.329 e. The average molecular weight is 291 g/mol. The smallest absolute Gasteiger partial charge is 0.0486 e. The van der Waals surface area contributed by atoms with Crippen LogP contribution < -0.4 is 5.73 Å². The van der Waals surface area contributed by atoms with Gasteiger partial charge in [0.25, 0.3) is 0 Å². The Labute approximate surface area is 116 Å². The van der Waals surface area contributed by atoms with Gasteiger partial charge < -0.3 is 5.73 Å². The molecular weight excluding hydrogens is 275 g/mol. The first-order valence-electron chi connectivity index (χ1n) is 5.69. The van der Waals surface area contributed by atoms with Crippen LogP contribution in [0, 0.1) is 0 Å². The fraction of sp³-hybridized carbons (Fsp3) is 0.500. The van der Waals surface area contributed by atoms with Crippen LogP contribution in [-0.2, 0) is 0 Å². The van der Waals surface area contributed by atoms with Crippen molar-refractivity contribution in [3.8, 4) is 0 Å². The van der Waals surface area contributed by atoms with Gasteiger partial charge in [0.05, 0.1) is 0 Å². The van der Waals surface area contributed by atoms with Crippen molar-refractivity contribution in [3.05, 3.63) is 33.8 Å². The molecule has 1 fully saturated rings. The van der Waals surface area contributed by atoms with E-state index in [2.05, 4.69) is 4.90 Å². The number of thioether (sulfide) groups is 1. The van der Waals surface area contributed by atoms with E-state index in [1.165, 1.54) is 0 Å². The molecule has 2 rings (SSSR count). The molecule has 1 atom stereocenters. The standard InChI is InChI=1S/C12H16Cl2N2S/c13-9-1-2-11(14)10(7-9)12(8-15)16-3-5-17-6-4-16/h1-2,7,12H,3-6,8,15H2. The van der Waals surface area contributed by atoms with Gasteiger partial charge in [0.1, 0.15) is 0 Å². The molecule has 0 bridgehead atoms. The van der Waals surface area contributed by atoms with Crippen molar-refractivity contribution in [1.29, 1.82) is 0 Å². The quantitative estimate of drug-likeness (QED) is 0.928. The Balaban J connectivity index is 2.24. The number of nitrogens with zero attached hydrogens (tertiary/aromatic N) is 1. The van der Waals surface area contributed by atoms with Gasteiger partial charge in [0.2, 0.25) is 0 Å². The Morgan fingerprint density at radius 2 is 2.00 bits per heavy atom. The maximum atomic E-state index is 6.24. The van der Waals surface area contributed by atoms with Crippen molar-refractivity contribution in [2.75, 3.05) is 31.1 Å². The predicted octanol–water partition coefficient (Wildman–Crippen LogP) is 3.04. The average Bonchev–Trinajstić information content (AvgIpc) is 2.36. The summed E-state index contributed by atoms with van der Waals surface area (Å²) in [5.41, 5.74) is 6.95. The molecule has 1 unspecified atom stereocenters. The summed E-state index contributed by atoms with van der Waals surface area (Å²) in [6.45, 7) is 2.70. The molecule has 0 saturated carbocycles. The fourth-order valence-corrected chi connectivity index (χ4v) is 3.49. The van der Waals surface area contributed by atoms with Gasteiger partial charge in [-0.2, -0.15) is 11.8 Å². The lowest BCUT2D eigenvalue weighted by atomic mass is 10.1. The van der Waals surface area contributed by atoms with E-state index >= 15 is 0 Å². The molecule has 0 radical (unpaired) electrons. The first-order valence-corrected chi connectivity index (χ1v) is 7.60. The molecule has 0 amide bonds. The van der Waals surface area contributed by atoms with Gasteiger partial charge >= 0.3 is 0 Å². The van der Waals surface area contributed by atoms with E-state index in [0.717, 1.165) is 35.2 Å². The van der Waals surface area contributed by atoms with Crippen molar-refractivity contribution < 1.29 is 0 Å². The zero-order valence-electron chi connectivity index (χ0n) is 9.53. The van der Waals surface area contributed by atoms with Gasteiger partial charge in [-0.1, -0.05) is 23.2 Å². The molecule has 0 aromatic heterocycles. The van der Waals surface area contributed by atoms with Crippen LogP contribution in [0.5, 0.6) is 0 Å². The van der Waals surface area contributed by atoms with Crippen LogP contribution in [0.4, 0.5) is 0 Å². The Hall–Kier alpha value is 0.0700. The van der Waals surface area contributed by atoms with Crippen LogP contribution in [0.1, 0.15) is 11.6 Å². The second-order valence-electron chi connectivity index (χ2n) is 4.07. The van der Waals surface area contributed by atoms with Crippen molar-refractivity contribution in [2.45, 2.75) is 6.04 Å². The maximum absolute atomic E-state index is 6.24. The zero-order chi connectivity index (χ0) is 12.3. The van der Waals surface area contributed by atoms with Gasteiger partial charge in [-0.05, 0) is 23.8 Å². The molecule has 5 heteroatoms. The van der Waals surface area contributed by atoms with Gasteiger partial charge in [-0.25, -0.2) is 0 Å². The minimum absolute atomic E-state index is 0.182. The second-order valence-corrected chi connectivity index (χ2v) is 6.13. The van der Waals surface area contributed by atoms with Gasteiger partial charge in [-0.15, -0.1) is 0 Å². The molecule has 1 saturated heterocycles. The summed E-state index contributed by atoms with van der Waals surface area (Å²) in [5, 5.41) is 1.47. The number of halogens is 2. The van der Waals surface area contributed by atoms with Crippen molar-refractivity contribution >= 4 is 35.0 Å². The molecule has 1 aromatic rings. The van der Waals surface area contributed by atoms with Crippen molar-refractivity contribution in [2.24, 2.45) is 5.73 Å². The molecule has 1 aromatic carbocycles. The fourth-order valence-electron chi connectivity index (χ4n) is 2.13. The molecule has 1 aliphatic heterocycles. The molecule has 2 N–H and O–H groups in total. The van der Waals surface area contributed by atoms with Crippen LogP contribution in [-0.4, -0.2) is 36.0 Å². The van der Waals surface area contributed by atoms with E-state index in [1.807, 2.05) is 30.0 Å². The molecular formula is C12H16Cl2N2S. The third-order valence-corrected chi connectivity index (χ3v) is 4.55. The maximum Gasteiger partial charge on any atom is 0.0486 e. The molecule has 1 aliphatic rings. The third-order valence-electron chi connectivity index (χ3n) is 3.03. The summed E-state index contributed by atoms with van der Waals surface area (Å²) in [6, 6.07) is 5.78. The van der Waals surface area contributed by atoms with Gasteiger partial charge in [-0.3, -0.25) is 4.90 Å². The number of hydrogen-bond acceptors (Lipinski definition) is 3. The highest BCUT2D eigenvalue weighted by molar-refractivity contribution is 7.99. The summed E-state index contributed by atoms with van der Waals surface area (Å²) in [6.07, 6.45) is 0. The topological polar surface area (TPSA) is 29.3 Å². The van der Waals surface area contributed by atoms with Crippen LogP contribution in [0.2, 0.25) is 10.0 Å². The molecule has 94 valence electrons. The Kier molecular flexibility index (Phi) is 5.00. The van der Waals surface area contributed by atoms with Gasteiger partial charge in [0, 0.05) is 47.2 Å². The highest BCUT2D eigenvalue weighted by Crippen LogP contribution is 2.30. The van der Waals surface area contributed by atoms with Crippen LogP contribution in [0.25, 0.3) is 0 Å². The SMILES string of the molecule is NCC(c1cc(Cl)ccc1Cl)N1CCSCC1.